The third-order valence-corrected chi connectivity index (χ3v) is 3.89. The predicted octanol–water partition coefficient (Wildman–Crippen LogP) is 3.73. The van der Waals surface area contributed by atoms with Gasteiger partial charge in [0, 0.05) is 4.90 Å². The smallest absolute Gasteiger partial charge is 0.316 e. The van der Waals surface area contributed by atoms with Gasteiger partial charge in [-0.25, -0.2) is 0 Å². The summed E-state index contributed by atoms with van der Waals surface area (Å²) in [6, 6.07) is 7.93. The largest absolute Gasteiger partial charge is 0.480 e. The lowest BCUT2D eigenvalue weighted by atomic mass is 10.2. The Morgan fingerprint density at radius 1 is 1.44 bits per heavy atom. The lowest BCUT2D eigenvalue weighted by Gasteiger charge is -2.12. The molecular weight excluding hydrogens is 220 g/mol. The Morgan fingerprint density at radius 3 is 2.69 bits per heavy atom. The van der Waals surface area contributed by atoms with E-state index in [0.29, 0.717) is 0 Å². The van der Waals surface area contributed by atoms with Gasteiger partial charge in [0.25, 0.3) is 0 Å². The summed E-state index contributed by atoms with van der Waals surface area (Å²) in [6.07, 6.45) is 2.75. The standard InChI is InChI=1S/C13H18O2S/c1-3-4-8-12(13(14)15)16-11-9-6-5-7-10(11)2/h5-7,9,12H,3-4,8H2,1-2H3,(H,14,15). The third-order valence-electron chi connectivity index (χ3n) is 2.46. The van der Waals surface area contributed by atoms with Crippen molar-refractivity contribution in [2.24, 2.45) is 0 Å². The number of unbranched alkanes of at least 4 members (excludes halogenated alkanes) is 1. The molecule has 0 amide bonds. The minimum absolute atomic E-state index is 0.318. The third kappa shape index (κ3) is 3.89. The maximum atomic E-state index is 11.1. The van der Waals surface area contributed by atoms with Crippen LogP contribution < -0.4 is 0 Å². The number of carboxylic acid groups (broad SMARTS) is 1. The molecule has 1 rings (SSSR count). The first-order chi connectivity index (χ1) is 7.65. The Hall–Kier alpha value is -0.960. The second kappa shape index (κ2) is 6.59. The molecule has 0 aliphatic carbocycles. The van der Waals surface area contributed by atoms with Crippen LogP contribution in [0.5, 0.6) is 0 Å². The molecule has 1 aromatic rings. The van der Waals surface area contributed by atoms with Gasteiger partial charge in [-0.1, -0.05) is 38.0 Å². The maximum Gasteiger partial charge on any atom is 0.316 e. The van der Waals surface area contributed by atoms with Gasteiger partial charge in [-0.15, -0.1) is 11.8 Å². The monoisotopic (exact) mass is 238 g/mol. The summed E-state index contributed by atoms with van der Waals surface area (Å²) in [4.78, 5) is 12.2. The van der Waals surface area contributed by atoms with Gasteiger partial charge in [-0.05, 0) is 25.0 Å². The first-order valence-corrected chi connectivity index (χ1v) is 6.48. The second-order valence-electron chi connectivity index (χ2n) is 3.85. The van der Waals surface area contributed by atoms with Gasteiger partial charge < -0.3 is 5.11 Å². The molecule has 0 fully saturated rings. The average molecular weight is 238 g/mol. The van der Waals surface area contributed by atoms with E-state index < -0.39 is 5.97 Å². The molecule has 1 aromatic carbocycles. The van der Waals surface area contributed by atoms with E-state index in [9.17, 15) is 4.79 Å². The molecule has 0 saturated carbocycles. The molecule has 0 saturated heterocycles. The van der Waals surface area contributed by atoms with Crippen molar-refractivity contribution in [1.29, 1.82) is 0 Å². The van der Waals surface area contributed by atoms with Crippen molar-refractivity contribution in [3.63, 3.8) is 0 Å². The van der Waals surface area contributed by atoms with Crippen LogP contribution in [0, 0.1) is 6.92 Å². The van der Waals surface area contributed by atoms with Gasteiger partial charge >= 0.3 is 5.97 Å². The van der Waals surface area contributed by atoms with E-state index in [-0.39, 0.29) is 5.25 Å². The highest BCUT2D eigenvalue weighted by atomic mass is 32.2. The molecule has 88 valence electrons. The zero-order valence-electron chi connectivity index (χ0n) is 9.77. The van der Waals surface area contributed by atoms with Gasteiger partial charge in [-0.2, -0.15) is 0 Å². The van der Waals surface area contributed by atoms with Gasteiger partial charge in [0.2, 0.25) is 0 Å². The molecule has 0 radical (unpaired) electrons. The number of thioether (sulfide) groups is 1. The van der Waals surface area contributed by atoms with Crippen LogP contribution in [0.25, 0.3) is 0 Å². The van der Waals surface area contributed by atoms with E-state index in [4.69, 9.17) is 5.11 Å². The molecule has 0 aromatic heterocycles. The van der Waals surface area contributed by atoms with Crippen LogP contribution in [0.15, 0.2) is 29.2 Å². The topological polar surface area (TPSA) is 37.3 Å². The van der Waals surface area contributed by atoms with E-state index in [0.717, 1.165) is 29.7 Å². The van der Waals surface area contributed by atoms with Crippen molar-refractivity contribution in [2.45, 2.75) is 43.3 Å². The summed E-state index contributed by atoms with van der Waals surface area (Å²) in [6.45, 7) is 4.10. The lowest BCUT2D eigenvalue weighted by molar-refractivity contribution is -0.136. The quantitative estimate of drug-likeness (QED) is 0.767. The van der Waals surface area contributed by atoms with E-state index in [1.807, 2.05) is 31.2 Å². The summed E-state index contributed by atoms with van der Waals surface area (Å²) < 4.78 is 0. The molecule has 0 aliphatic heterocycles. The second-order valence-corrected chi connectivity index (χ2v) is 5.10. The van der Waals surface area contributed by atoms with Gasteiger partial charge in [-0.3, -0.25) is 4.79 Å². The van der Waals surface area contributed by atoms with Gasteiger partial charge in [0.15, 0.2) is 0 Å². The van der Waals surface area contributed by atoms with Crippen molar-refractivity contribution in [3.05, 3.63) is 29.8 Å². The molecule has 16 heavy (non-hydrogen) atoms. The molecule has 2 nitrogen and oxygen atoms in total. The van der Waals surface area contributed by atoms with Crippen LogP contribution in [0.4, 0.5) is 0 Å². The summed E-state index contributed by atoms with van der Waals surface area (Å²) in [5.74, 6) is -0.707. The van der Waals surface area contributed by atoms with Crippen molar-refractivity contribution < 1.29 is 9.90 Å². The van der Waals surface area contributed by atoms with Gasteiger partial charge in [0.05, 0.1) is 0 Å². The normalized spacial score (nSPS) is 12.4. The van der Waals surface area contributed by atoms with E-state index in [1.54, 1.807) is 0 Å². The predicted molar refractivity (Wildman–Crippen MR) is 68.0 cm³/mol. The van der Waals surface area contributed by atoms with Crippen molar-refractivity contribution in [3.8, 4) is 0 Å². The number of rotatable bonds is 6. The van der Waals surface area contributed by atoms with E-state index >= 15 is 0 Å². The van der Waals surface area contributed by atoms with Crippen LogP contribution >= 0.6 is 11.8 Å². The number of benzene rings is 1. The zero-order chi connectivity index (χ0) is 12.0. The molecule has 0 heterocycles. The molecule has 1 atom stereocenters. The van der Waals surface area contributed by atoms with Crippen LogP contribution in [0.1, 0.15) is 31.7 Å². The SMILES string of the molecule is CCCCC(Sc1ccccc1C)C(=O)O. The Balaban J connectivity index is 2.68. The highest BCUT2D eigenvalue weighted by Crippen LogP contribution is 2.29. The Bertz CT molecular complexity index is 350. The number of hydrogen-bond donors (Lipinski definition) is 1. The van der Waals surface area contributed by atoms with Crippen LogP contribution in [0.2, 0.25) is 0 Å². The Kier molecular flexibility index (Phi) is 5.39. The summed E-state index contributed by atoms with van der Waals surface area (Å²) in [7, 11) is 0. The lowest BCUT2D eigenvalue weighted by Crippen LogP contribution is -2.16. The molecule has 0 bridgehead atoms. The fraction of sp³-hybridized carbons (Fsp3) is 0.462. The van der Waals surface area contributed by atoms with Crippen molar-refractivity contribution in [2.75, 3.05) is 0 Å². The van der Waals surface area contributed by atoms with Crippen LogP contribution in [-0.2, 0) is 4.79 Å². The molecule has 1 N–H and O–H groups in total. The molecule has 0 spiro atoms. The first-order valence-electron chi connectivity index (χ1n) is 5.60. The van der Waals surface area contributed by atoms with Crippen molar-refractivity contribution in [1.82, 2.24) is 0 Å². The van der Waals surface area contributed by atoms with Crippen LogP contribution in [-0.4, -0.2) is 16.3 Å². The number of hydrogen-bond acceptors (Lipinski definition) is 2. The minimum Gasteiger partial charge on any atom is -0.480 e. The van der Waals surface area contributed by atoms with Gasteiger partial charge in [0.1, 0.15) is 5.25 Å². The van der Waals surface area contributed by atoms with E-state index in [1.165, 1.54) is 11.8 Å². The summed E-state index contributed by atoms with van der Waals surface area (Å²) in [5, 5.41) is 8.81. The fourth-order valence-electron chi connectivity index (χ4n) is 1.46. The highest BCUT2D eigenvalue weighted by molar-refractivity contribution is 8.00. The number of aliphatic carboxylic acids is 1. The summed E-state index contributed by atoms with van der Waals surface area (Å²) >= 11 is 1.46. The Labute approximate surface area is 101 Å². The molecule has 0 aliphatic rings. The molecule has 1 unspecified atom stereocenters. The average Bonchev–Trinajstić information content (AvgIpc) is 2.26. The number of carbonyl (C=O) groups is 1. The highest BCUT2D eigenvalue weighted by Gasteiger charge is 2.18. The minimum atomic E-state index is -0.707. The van der Waals surface area contributed by atoms with Crippen molar-refractivity contribution >= 4 is 17.7 Å². The van der Waals surface area contributed by atoms with E-state index in [2.05, 4.69) is 6.92 Å². The van der Waals surface area contributed by atoms with Crippen LogP contribution in [0.3, 0.4) is 0 Å². The summed E-state index contributed by atoms with van der Waals surface area (Å²) in [5.41, 5.74) is 1.15. The first kappa shape index (κ1) is 13.1. The maximum absolute atomic E-state index is 11.1. The number of aryl methyl sites for hydroxylation is 1. The zero-order valence-corrected chi connectivity index (χ0v) is 10.6. The molecule has 3 heteroatoms. The number of carboxylic acids is 1. The Morgan fingerprint density at radius 2 is 2.12 bits per heavy atom. The molecular formula is C13H18O2S. The fourth-order valence-corrected chi connectivity index (χ4v) is 2.57.